The topological polar surface area (TPSA) is 78.9 Å². The van der Waals surface area contributed by atoms with Crippen molar-refractivity contribution in [2.24, 2.45) is 0 Å². The quantitative estimate of drug-likeness (QED) is 0.0261. The third-order valence-electron chi connectivity index (χ3n) is 12.4. The van der Waals surface area contributed by atoms with Crippen LogP contribution in [-0.4, -0.2) is 37.2 Å². The van der Waals surface area contributed by atoms with Crippen LogP contribution in [-0.2, 0) is 28.6 Å². The van der Waals surface area contributed by atoms with E-state index in [2.05, 4.69) is 154 Å². The van der Waals surface area contributed by atoms with Gasteiger partial charge in [-0.15, -0.1) is 0 Å². The molecule has 0 bridgehead atoms. The molecule has 0 aliphatic carbocycles. The van der Waals surface area contributed by atoms with Crippen LogP contribution < -0.4 is 0 Å². The molecule has 0 spiro atoms. The number of carbonyl (C=O) groups excluding carboxylic acids is 3. The first kappa shape index (κ1) is 69.5. The third-order valence-corrected chi connectivity index (χ3v) is 12.4. The highest BCUT2D eigenvalue weighted by molar-refractivity contribution is 5.71. The summed E-state index contributed by atoms with van der Waals surface area (Å²) in [7, 11) is 0. The minimum Gasteiger partial charge on any atom is -0.462 e. The maximum atomic E-state index is 12.8. The standard InChI is InChI=1S/C68H110O6/c1-4-7-10-13-16-18-20-22-24-26-28-30-32-33-34-35-37-38-40-42-44-46-48-50-52-55-58-61-67(70)73-64-65(63-72-66(69)60-57-54-15-12-9-6-3)74-68(71)62-59-56-53-51-49-47-45-43-41-39-36-31-29-27-25-23-21-19-17-14-11-8-5-2/h7,10,16,18,21-24,27-30,33-34,36-39,42,44,48,50,65H,4-6,8-9,11-15,17,19-20,25-26,31-32,35,40-41,43,45-47,49,51-64H2,1-3H3/b10-7-,18-16-,23-21-,24-22-,29-27-,30-28-,34-33-,38-37-,39-36-,44-42-,50-48-. The maximum Gasteiger partial charge on any atom is 0.306 e. The van der Waals surface area contributed by atoms with Gasteiger partial charge in [-0.2, -0.15) is 0 Å². The molecule has 6 nitrogen and oxygen atoms in total. The zero-order valence-corrected chi connectivity index (χ0v) is 47.8. The summed E-state index contributed by atoms with van der Waals surface area (Å²) in [5.74, 6) is -0.965. The summed E-state index contributed by atoms with van der Waals surface area (Å²) < 4.78 is 16.7. The van der Waals surface area contributed by atoms with Crippen molar-refractivity contribution in [3.8, 4) is 0 Å². The van der Waals surface area contributed by atoms with Gasteiger partial charge in [0.15, 0.2) is 6.10 Å². The molecule has 0 amide bonds. The second-order valence-corrected chi connectivity index (χ2v) is 19.5. The van der Waals surface area contributed by atoms with E-state index in [1.54, 1.807) is 0 Å². The van der Waals surface area contributed by atoms with E-state index in [-0.39, 0.29) is 31.1 Å². The number of hydrogen-bond acceptors (Lipinski definition) is 6. The van der Waals surface area contributed by atoms with Crippen molar-refractivity contribution < 1.29 is 28.6 Å². The van der Waals surface area contributed by atoms with Gasteiger partial charge >= 0.3 is 17.9 Å². The molecule has 0 fully saturated rings. The van der Waals surface area contributed by atoms with Crippen molar-refractivity contribution in [1.29, 1.82) is 0 Å². The van der Waals surface area contributed by atoms with Gasteiger partial charge in [0, 0.05) is 19.3 Å². The van der Waals surface area contributed by atoms with E-state index in [9.17, 15) is 14.4 Å². The second kappa shape index (κ2) is 61.1. The number of hydrogen-bond donors (Lipinski definition) is 0. The minimum atomic E-state index is -0.802. The van der Waals surface area contributed by atoms with E-state index in [4.69, 9.17) is 14.2 Å². The molecule has 0 aromatic carbocycles. The SMILES string of the molecule is CC/C=C\C/C=C\C/C=C\C/C=C\C/C=C\C/C=C\C/C=C\C/C=C\CCCCC(=O)OCC(COC(=O)CCCCCCCC)OC(=O)CCCCCCCCCC/C=C\C/C=C\C/C=C\CCCCCCC. The second-order valence-electron chi connectivity index (χ2n) is 19.5. The Morgan fingerprint density at radius 1 is 0.284 bits per heavy atom. The number of allylic oxidation sites excluding steroid dienone is 22. The van der Waals surface area contributed by atoms with E-state index >= 15 is 0 Å². The van der Waals surface area contributed by atoms with Crippen LogP contribution in [0.25, 0.3) is 0 Å². The molecule has 0 N–H and O–H groups in total. The van der Waals surface area contributed by atoms with Crippen LogP contribution in [0, 0.1) is 0 Å². The number of ether oxygens (including phenoxy) is 3. The van der Waals surface area contributed by atoms with Gasteiger partial charge in [-0.05, 0) is 122 Å². The van der Waals surface area contributed by atoms with E-state index in [0.717, 1.165) is 122 Å². The minimum absolute atomic E-state index is 0.0988. The lowest BCUT2D eigenvalue weighted by atomic mass is 10.1. The Morgan fingerprint density at radius 2 is 0.527 bits per heavy atom. The molecule has 1 atom stereocenters. The van der Waals surface area contributed by atoms with E-state index < -0.39 is 6.10 Å². The summed E-state index contributed by atoms with van der Waals surface area (Å²) in [6.07, 6.45) is 86.2. The highest BCUT2D eigenvalue weighted by Gasteiger charge is 2.19. The predicted octanol–water partition coefficient (Wildman–Crippen LogP) is 20.6. The molecule has 74 heavy (non-hydrogen) atoms. The summed E-state index contributed by atoms with van der Waals surface area (Å²) in [5, 5.41) is 0. The van der Waals surface area contributed by atoms with Crippen molar-refractivity contribution in [1.82, 2.24) is 0 Å². The fourth-order valence-corrected chi connectivity index (χ4v) is 7.88. The number of unbranched alkanes of at least 4 members (excludes halogenated alkanes) is 20. The summed E-state index contributed by atoms with van der Waals surface area (Å²) in [6.45, 7) is 6.40. The first-order valence-corrected chi connectivity index (χ1v) is 30.2. The first-order chi connectivity index (χ1) is 36.5. The van der Waals surface area contributed by atoms with E-state index in [1.165, 1.54) is 89.9 Å². The van der Waals surface area contributed by atoms with Crippen LogP contribution in [0.4, 0.5) is 0 Å². The summed E-state index contributed by atoms with van der Waals surface area (Å²) in [5.41, 5.74) is 0. The fourth-order valence-electron chi connectivity index (χ4n) is 7.88. The Morgan fingerprint density at radius 3 is 0.851 bits per heavy atom. The molecular weight excluding hydrogens is 913 g/mol. The average Bonchev–Trinajstić information content (AvgIpc) is 3.40. The lowest BCUT2D eigenvalue weighted by molar-refractivity contribution is -0.167. The van der Waals surface area contributed by atoms with Crippen LogP contribution in [0.2, 0.25) is 0 Å². The highest BCUT2D eigenvalue weighted by atomic mass is 16.6. The molecule has 0 saturated heterocycles. The van der Waals surface area contributed by atoms with Crippen LogP contribution >= 0.6 is 0 Å². The molecule has 0 aromatic heterocycles. The normalized spacial score (nSPS) is 13.1. The van der Waals surface area contributed by atoms with Gasteiger partial charge in [-0.25, -0.2) is 0 Å². The van der Waals surface area contributed by atoms with Crippen molar-refractivity contribution in [2.75, 3.05) is 13.2 Å². The van der Waals surface area contributed by atoms with Gasteiger partial charge in [-0.1, -0.05) is 251 Å². The molecule has 0 heterocycles. The summed E-state index contributed by atoms with van der Waals surface area (Å²) in [4.78, 5) is 37.9. The van der Waals surface area contributed by atoms with Crippen molar-refractivity contribution in [2.45, 2.75) is 264 Å². The van der Waals surface area contributed by atoms with Crippen LogP contribution in [0.1, 0.15) is 258 Å². The molecule has 0 aliphatic heterocycles. The molecule has 0 aliphatic rings. The first-order valence-electron chi connectivity index (χ1n) is 30.2. The van der Waals surface area contributed by atoms with Crippen molar-refractivity contribution in [3.05, 3.63) is 134 Å². The fraction of sp³-hybridized carbons (Fsp3) is 0.632. The summed E-state index contributed by atoms with van der Waals surface area (Å²) >= 11 is 0. The van der Waals surface area contributed by atoms with Gasteiger partial charge < -0.3 is 14.2 Å². The molecule has 6 heteroatoms. The Kier molecular flexibility index (Phi) is 57.4. The van der Waals surface area contributed by atoms with Gasteiger partial charge in [0.1, 0.15) is 13.2 Å². The molecule has 0 rings (SSSR count). The molecule has 0 radical (unpaired) electrons. The number of rotatable bonds is 53. The monoisotopic (exact) mass is 1020 g/mol. The Balaban J connectivity index is 4.27. The predicted molar refractivity (Wildman–Crippen MR) is 320 cm³/mol. The van der Waals surface area contributed by atoms with Crippen molar-refractivity contribution in [3.63, 3.8) is 0 Å². The molecule has 418 valence electrons. The van der Waals surface area contributed by atoms with Crippen LogP contribution in [0.3, 0.4) is 0 Å². The molecular formula is C68H110O6. The number of esters is 3. The molecule has 0 saturated carbocycles. The molecule has 1 unspecified atom stereocenters. The maximum absolute atomic E-state index is 12.8. The smallest absolute Gasteiger partial charge is 0.306 e. The zero-order valence-electron chi connectivity index (χ0n) is 47.8. The number of carbonyl (C=O) groups is 3. The van der Waals surface area contributed by atoms with Gasteiger partial charge in [0.05, 0.1) is 0 Å². The van der Waals surface area contributed by atoms with Gasteiger partial charge in [0.25, 0.3) is 0 Å². The average molecular weight is 1020 g/mol. The zero-order chi connectivity index (χ0) is 53.6. The third kappa shape index (κ3) is 58.4. The van der Waals surface area contributed by atoms with Gasteiger partial charge in [-0.3, -0.25) is 14.4 Å². The Bertz CT molecular complexity index is 1600. The largest absolute Gasteiger partial charge is 0.462 e. The lowest BCUT2D eigenvalue weighted by Crippen LogP contribution is -2.30. The molecule has 0 aromatic rings. The van der Waals surface area contributed by atoms with Crippen LogP contribution in [0.5, 0.6) is 0 Å². The van der Waals surface area contributed by atoms with E-state index in [1.807, 2.05) is 0 Å². The highest BCUT2D eigenvalue weighted by Crippen LogP contribution is 2.14. The summed E-state index contributed by atoms with van der Waals surface area (Å²) in [6, 6.07) is 0. The van der Waals surface area contributed by atoms with Crippen LogP contribution in [0.15, 0.2) is 134 Å². The Labute approximate surface area is 455 Å². The van der Waals surface area contributed by atoms with E-state index in [0.29, 0.717) is 25.7 Å². The van der Waals surface area contributed by atoms with Crippen molar-refractivity contribution >= 4 is 17.9 Å². The van der Waals surface area contributed by atoms with Gasteiger partial charge in [0.2, 0.25) is 0 Å². The Hall–Kier alpha value is -4.45. The lowest BCUT2D eigenvalue weighted by Gasteiger charge is -2.18.